The van der Waals surface area contributed by atoms with Crippen LogP contribution in [0.15, 0.2) is 47.4 Å². The molecule has 1 fully saturated rings. The summed E-state index contributed by atoms with van der Waals surface area (Å²) in [5.74, 6) is 0.766. The van der Waals surface area contributed by atoms with Gasteiger partial charge in [0.05, 0.1) is 18.1 Å². The Morgan fingerprint density at radius 2 is 1.67 bits per heavy atom. The lowest BCUT2D eigenvalue weighted by molar-refractivity contribution is 0.0927. The average molecular weight is 431 g/mol. The first-order chi connectivity index (χ1) is 14.5. The number of anilines is 1. The van der Waals surface area contributed by atoms with Gasteiger partial charge in [-0.1, -0.05) is 25.3 Å². The molecule has 8 heteroatoms. The van der Waals surface area contributed by atoms with Gasteiger partial charge in [-0.2, -0.15) is 0 Å². The predicted octanol–water partition coefficient (Wildman–Crippen LogP) is 3.71. The third kappa shape index (κ3) is 4.87. The molecule has 0 bridgehead atoms. The second-order valence-corrected chi connectivity index (χ2v) is 9.34. The molecule has 2 N–H and O–H groups in total. The molecule has 0 unspecified atom stereocenters. The summed E-state index contributed by atoms with van der Waals surface area (Å²) in [6, 6.07) is 11.3. The predicted molar refractivity (Wildman–Crippen MR) is 114 cm³/mol. The second kappa shape index (κ2) is 8.95. The van der Waals surface area contributed by atoms with Crippen LogP contribution in [0.2, 0.25) is 0 Å². The van der Waals surface area contributed by atoms with Crippen molar-refractivity contribution < 1.29 is 22.7 Å². The van der Waals surface area contributed by atoms with Gasteiger partial charge in [-0.05, 0) is 43.2 Å². The number of hydrogen-bond donors (Lipinski definition) is 2. The highest BCUT2D eigenvalue weighted by Crippen LogP contribution is 2.32. The van der Waals surface area contributed by atoms with Crippen LogP contribution in [0.4, 0.5) is 5.69 Å². The molecule has 2 aromatic carbocycles. The van der Waals surface area contributed by atoms with Crippen molar-refractivity contribution in [3.8, 4) is 11.5 Å². The van der Waals surface area contributed by atoms with E-state index in [4.69, 9.17) is 9.47 Å². The van der Waals surface area contributed by atoms with E-state index in [1.807, 2.05) is 0 Å². The van der Waals surface area contributed by atoms with Crippen LogP contribution in [-0.4, -0.2) is 33.6 Å². The van der Waals surface area contributed by atoms with E-state index in [-0.39, 0.29) is 16.8 Å². The van der Waals surface area contributed by atoms with Gasteiger partial charge >= 0.3 is 0 Å². The van der Waals surface area contributed by atoms with Gasteiger partial charge in [0.25, 0.3) is 15.9 Å². The lowest BCUT2D eigenvalue weighted by Crippen LogP contribution is -2.36. The van der Waals surface area contributed by atoms with Gasteiger partial charge in [-0.25, -0.2) is 8.42 Å². The maximum Gasteiger partial charge on any atom is 0.262 e. The first-order valence-corrected chi connectivity index (χ1v) is 11.8. The molecule has 1 heterocycles. The summed E-state index contributed by atoms with van der Waals surface area (Å²) in [5.41, 5.74) is 0.762. The molecule has 0 saturated heterocycles. The normalized spacial score (nSPS) is 17.1. The molecule has 2 aromatic rings. The Hall–Kier alpha value is -2.74. The summed E-state index contributed by atoms with van der Waals surface area (Å²) in [6.07, 6.45) is 6.18. The molecule has 1 saturated carbocycles. The fourth-order valence-corrected chi connectivity index (χ4v) is 4.83. The Morgan fingerprint density at radius 3 is 2.47 bits per heavy atom. The Labute approximate surface area is 176 Å². The van der Waals surface area contributed by atoms with Gasteiger partial charge in [0.15, 0.2) is 11.5 Å². The average Bonchev–Trinajstić information content (AvgIpc) is 2.99. The summed E-state index contributed by atoms with van der Waals surface area (Å²) in [7, 11) is -3.85. The topological polar surface area (TPSA) is 93.7 Å². The van der Waals surface area contributed by atoms with Crippen LogP contribution < -0.4 is 19.5 Å². The van der Waals surface area contributed by atoms with Gasteiger partial charge in [0.1, 0.15) is 0 Å². The third-order valence-electron chi connectivity index (χ3n) is 5.35. The van der Waals surface area contributed by atoms with Crippen LogP contribution in [0.25, 0.3) is 0 Å². The first-order valence-electron chi connectivity index (χ1n) is 10.3. The lowest BCUT2D eigenvalue weighted by atomic mass is 9.95. The standard InChI is InChI=1S/C22H26N2O5S/c25-22(23-17-7-2-1-3-8-17)16-6-4-9-18(14-16)24-30(26,27)19-10-11-20-21(15-19)29-13-5-12-28-20/h4,6,9-11,14-15,17,24H,1-3,5,7-8,12-13H2,(H,23,25). The molecule has 0 aromatic heterocycles. The molecule has 1 aliphatic carbocycles. The van der Waals surface area contributed by atoms with Gasteiger partial charge in [-0.3, -0.25) is 9.52 Å². The Morgan fingerprint density at radius 1 is 0.900 bits per heavy atom. The van der Waals surface area contributed by atoms with Crippen LogP contribution in [0.5, 0.6) is 11.5 Å². The zero-order chi connectivity index (χ0) is 21.0. The maximum atomic E-state index is 12.9. The van der Waals surface area contributed by atoms with E-state index in [1.54, 1.807) is 30.3 Å². The van der Waals surface area contributed by atoms with Gasteiger partial charge in [-0.15, -0.1) is 0 Å². The molecule has 1 aliphatic heterocycles. The number of hydrogen-bond acceptors (Lipinski definition) is 5. The number of amides is 1. The van der Waals surface area contributed by atoms with Crippen molar-refractivity contribution in [2.45, 2.75) is 49.5 Å². The second-order valence-electron chi connectivity index (χ2n) is 7.65. The van der Waals surface area contributed by atoms with Crippen molar-refractivity contribution in [2.24, 2.45) is 0 Å². The Bertz CT molecular complexity index is 1020. The van der Waals surface area contributed by atoms with Gasteiger partial charge < -0.3 is 14.8 Å². The highest BCUT2D eigenvalue weighted by atomic mass is 32.2. The SMILES string of the molecule is O=C(NC1CCCCC1)c1cccc(NS(=O)(=O)c2ccc3c(c2)OCCCO3)c1. The van der Waals surface area contributed by atoms with Crippen molar-refractivity contribution in [1.82, 2.24) is 5.32 Å². The molecule has 30 heavy (non-hydrogen) atoms. The fraction of sp³-hybridized carbons (Fsp3) is 0.409. The Kier molecular flexibility index (Phi) is 6.13. The minimum atomic E-state index is -3.85. The number of fused-ring (bicyclic) bond motifs is 1. The van der Waals surface area contributed by atoms with Crippen molar-refractivity contribution >= 4 is 21.6 Å². The fourth-order valence-electron chi connectivity index (χ4n) is 3.76. The zero-order valence-electron chi connectivity index (χ0n) is 16.7. The van der Waals surface area contributed by atoms with E-state index in [2.05, 4.69) is 10.0 Å². The number of carbonyl (C=O) groups is 1. The van der Waals surface area contributed by atoms with Crippen molar-refractivity contribution in [2.75, 3.05) is 17.9 Å². The molecule has 2 aliphatic rings. The Balaban J connectivity index is 1.49. The number of benzene rings is 2. The molecule has 1 amide bonds. The smallest absolute Gasteiger partial charge is 0.262 e. The van der Waals surface area contributed by atoms with Crippen molar-refractivity contribution in [1.29, 1.82) is 0 Å². The van der Waals surface area contributed by atoms with E-state index < -0.39 is 10.0 Å². The van der Waals surface area contributed by atoms with Gasteiger partial charge in [0.2, 0.25) is 0 Å². The number of ether oxygens (including phenoxy) is 2. The van der Waals surface area contributed by atoms with Gasteiger partial charge in [0, 0.05) is 29.8 Å². The summed E-state index contributed by atoms with van der Waals surface area (Å²) in [6.45, 7) is 1.01. The molecule has 0 spiro atoms. The molecular formula is C22H26N2O5S. The minimum absolute atomic E-state index is 0.0730. The summed E-state index contributed by atoms with van der Waals surface area (Å²) >= 11 is 0. The quantitative estimate of drug-likeness (QED) is 0.754. The molecule has 7 nitrogen and oxygen atoms in total. The maximum absolute atomic E-state index is 12.9. The minimum Gasteiger partial charge on any atom is -0.490 e. The van der Waals surface area contributed by atoms with Crippen LogP contribution in [0, 0.1) is 0 Å². The monoisotopic (exact) mass is 430 g/mol. The third-order valence-corrected chi connectivity index (χ3v) is 6.73. The number of carbonyl (C=O) groups excluding carboxylic acids is 1. The largest absolute Gasteiger partial charge is 0.490 e. The van der Waals surface area contributed by atoms with E-state index in [0.717, 1.165) is 32.1 Å². The van der Waals surface area contributed by atoms with Crippen LogP contribution in [0.3, 0.4) is 0 Å². The molecule has 0 radical (unpaired) electrons. The first kappa shape index (κ1) is 20.5. The van der Waals surface area contributed by atoms with E-state index in [1.165, 1.54) is 18.6 Å². The lowest BCUT2D eigenvalue weighted by Gasteiger charge is -2.22. The van der Waals surface area contributed by atoms with Crippen LogP contribution in [0.1, 0.15) is 48.9 Å². The highest BCUT2D eigenvalue weighted by Gasteiger charge is 2.20. The zero-order valence-corrected chi connectivity index (χ0v) is 17.5. The molecule has 160 valence electrons. The van der Waals surface area contributed by atoms with E-state index >= 15 is 0 Å². The summed E-state index contributed by atoms with van der Waals surface area (Å²) in [4.78, 5) is 12.6. The number of sulfonamides is 1. The summed E-state index contributed by atoms with van der Waals surface area (Å²) < 4.78 is 39.4. The highest BCUT2D eigenvalue weighted by molar-refractivity contribution is 7.92. The van der Waals surface area contributed by atoms with Crippen LogP contribution >= 0.6 is 0 Å². The summed E-state index contributed by atoms with van der Waals surface area (Å²) in [5, 5.41) is 3.05. The van der Waals surface area contributed by atoms with E-state index in [9.17, 15) is 13.2 Å². The molecule has 0 atom stereocenters. The molecule has 4 rings (SSSR count). The molecular weight excluding hydrogens is 404 g/mol. The van der Waals surface area contributed by atoms with Crippen molar-refractivity contribution in [3.05, 3.63) is 48.0 Å². The van der Waals surface area contributed by atoms with Crippen molar-refractivity contribution in [3.63, 3.8) is 0 Å². The van der Waals surface area contributed by atoms with E-state index in [0.29, 0.717) is 36.0 Å². The number of nitrogens with one attached hydrogen (secondary N) is 2. The number of rotatable bonds is 5. The van der Waals surface area contributed by atoms with Crippen LogP contribution in [-0.2, 0) is 10.0 Å².